The maximum atomic E-state index is 5.99. The first-order valence-electron chi connectivity index (χ1n) is 11.4. The number of nitrogens with zero attached hydrogens (tertiary/aromatic N) is 2. The number of allylic oxidation sites excluding steroid dienone is 2. The van der Waals surface area contributed by atoms with E-state index in [2.05, 4.69) is 35.9 Å². The number of rotatable bonds is 17. The molecule has 0 amide bonds. The number of nitrogens with two attached hydrogens (primary N) is 1. The molecule has 0 saturated heterocycles. The fraction of sp³-hybridized carbons (Fsp3) is 0.870. The predicted molar refractivity (Wildman–Crippen MR) is 117 cm³/mol. The van der Waals surface area contributed by atoms with Crippen LogP contribution in [0.3, 0.4) is 0 Å². The standard InChI is InChI=1S/C23H45N3/c1-3-4-5-6-7-8-9-10-11-12-13-14-15-16-17-18-19-23-25-20-21-26(23)22(2)24/h9-10,20,22-23H,3-8,11-19,21,24H2,1-2H3/b10-9+. The summed E-state index contributed by atoms with van der Waals surface area (Å²) in [5, 5.41) is 0. The molecule has 1 aliphatic heterocycles. The van der Waals surface area contributed by atoms with Gasteiger partial charge < -0.3 is 5.73 Å². The molecule has 3 heteroatoms. The fourth-order valence-electron chi connectivity index (χ4n) is 3.72. The summed E-state index contributed by atoms with van der Waals surface area (Å²) < 4.78 is 0. The summed E-state index contributed by atoms with van der Waals surface area (Å²) in [4.78, 5) is 6.85. The molecule has 0 aromatic heterocycles. The highest BCUT2D eigenvalue weighted by Gasteiger charge is 2.22. The molecular formula is C23H45N3. The van der Waals surface area contributed by atoms with Gasteiger partial charge in [-0.1, -0.05) is 76.9 Å². The third-order valence-corrected chi connectivity index (χ3v) is 5.45. The van der Waals surface area contributed by atoms with E-state index in [1.54, 1.807) is 0 Å². The minimum atomic E-state index is 0.123. The van der Waals surface area contributed by atoms with E-state index in [9.17, 15) is 0 Å². The minimum Gasteiger partial charge on any atom is -0.316 e. The van der Waals surface area contributed by atoms with Gasteiger partial charge in [-0.3, -0.25) is 9.89 Å². The molecule has 1 aliphatic rings. The van der Waals surface area contributed by atoms with E-state index in [0.717, 1.165) is 6.54 Å². The van der Waals surface area contributed by atoms with Gasteiger partial charge in [0.05, 0.1) is 6.17 Å². The molecule has 26 heavy (non-hydrogen) atoms. The van der Waals surface area contributed by atoms with Crippen molar-refractivity contribution in [1.29, 1.82) is 0 Å². The topological polar surface area (TPSA) is 41.6 Å². The third kappa shape index (κ3) is 11.9. The summed E-state index contributed by atoms with van der Waals surface area (Å²) in [5.41, 5.74) is 5.99. The Bertz CT molecular complexity index is 362. The van der Waals surface area contributed by atoms with Gasteiger partial charge in [0.2, 0.25) is 0 Å². The second-order valence-electron chi connectivity index (χ2n) is 7.98. The molecule has 0 saturated carbocycles. The van der Waals surface area contributed by atoms with Crippen LogP contribution in [0.5, 0.6) is 0 Å². The Hall–Kier alpha value is -0.670. The SMILES string of the molecule is CCCCCCC/C=C/CCCCCCCCCC1N=CCN1C(C)N. The first-order valence-corrected chi connectivity index (χ1v) is 11.4. The van der Waals surface area contributed by atoms with Crippen LogP contribution in [0, 0.1) is 0 Å². The van der Waals surface area contributed by atoms with Crippen LogP contribution in [0.2, 0.25) is 0 Å². The van der Waals surface area contributed by atoms with Crippen molar-refractivity contribution in [2.24, 2.45) is 10.7 Å². The number of unbranched alkanes of at least 4 members (excludes halogenated alkanes) is 12. The number of aliphatic imine (C=N–C) groups is 1. The predicted octanol–water partition coefficient (Wildman–Crippen LogP) is 6.43. The Morgan fingerprint density at radius 3 is 2.04 bits per heavy atom. The summed E-state index contributed by atoms with van der Waals surface area (Å²) in [6.07, 6.45) is 27.6. The largest absolute Gasteiger partial charge is 0.316 e. The van der Waals surface area contributed by atoms with E-state index in [1.807, 2.05) is 6.21 Å². The second-order valence-corrected chi connectivity index (χ2v) is 7.98. The summed E-state index contributed by atoms with van der Waals surface area (Å²) in [7, 11) is 0. The van der Waals surface area contributed by atoms with Crippen molar-refractivity contribution < 1.29 is 0 Å². The summed E-state index contributed by atoms with van der Waals surface area (Å²) in [6, 6.07) is 0. The van der Waals surface area contributed by atoms with Crippen LogP contribution in [-0.4, -0.2) is 30.0 Å². The fourth-order valence-corrected chi connectivity index (χ4v) is 3.72. The lowest BCUT2D eigenvalue weighted by molar-refractivity contribution is 0.182. The molecule has 1 heterocycles. The average molecular weight is 364 g/mol. The van der Waals surface area contributed by atoms with Crippen LogP contribution in [0.25, 0.3) is 0 Å². The normalized spacial score (nSPS) is 19.0. The lowest BCUT2D eigenvalue weighted by Gasteiger charge is -2.26. The van der Waals surface area contributed by atoms with Gasteiger partial charge in [0.15, 0.2) is 0 Å². The lowest BCUT2D eigenvalue weighted by Crippen LogP contribution is -2.43. The van der Waals surface area contributed by atoms with Crippen molar-refractivity contribution in [3.8, 4) is 0 Å². The van der Waals surface area contributed by atoms with E-state index in [4.69, 9.17) is 5.73 Å². The highest BCUT2D eigenvalue weighted by Crippen LogP contribution is 2.17. The van der Waals surface area contributed by atoms with Crippen LogP contribution < -0.4 is 5.73 Å². The Morgan fingerprint density at radius 2 is 1.46 bits per heavy atom. The lowest BCUT2D eigenvalue weighted by atomic mass is 10.1. The zero-order valence-electron chi connectivity index (χ0n) is 17.7. The van der Waals surface area contributed by atoms with Crippen molar-refractivity contribution in [2.45, 2.75) is 122 Å². The van der Waals surface area contributed by atoms with E-state index in [-0.39, 0.29) is 6.17 Å². The zero-order valence-corrected chi connectivity index (χ0v) is 17.7. The molecular weight excluding hydrogens is 318 g/mol. The maximum Gasteiger partial charge on any atom is 0.103 e. The molecule has 2 unspecified atom stereocenters. The summed E-state index contributed by atoms with van der Waals surface area (Å²) >= 11 is 0. The molecule has 0 fully saturated rings. The molecule has 3 nitrogen and oxygen atoms in total. The smallest absolute Gasteiger partial charge is 0.103 e. The Morgan fingerprint density at radius 1 is 0.923 bits per heavy atom. The van der Waals surface area contributed by atoms with E-state index < -0.39 is 0 Å². The van der Waals surface area contributed by atoms with Crippen LogP contribution in [0.1, 0.15) is 110 Å². The molecule has 0 aromatic rings. The average Bonchev–Trinajstić information content (AvgIpc) is 3.10. The van der Waals surface area contributed by atoms with E-state index in [0.29, 0.717) is 6.17 Å². The first kappa shape index (κ1) is 23.4. The Kier molecular flexibility index (Phi) is 14.8. The molecule has 0 aromatic carbocycles. The van der Waals surface area contributed by atoms with Gasteiger partial charge in [0.25, 0.3) is 0 Å². The van der Waals surface area contributed by atoms with Gasteiger partial charge in [-0.05, 0) is 45.4 Å². The van der Waals surface area contributed by atoms with Crippen molar-refractivity contribution in [1.82, 2.24) is 4.90 Å². The highest BCUT2D eigenvalue weighted by molar-refractivity contribution is 5.62. The van der Waals surface area contributed by atoms with Crippen LogP contribution in [0.15, 0.2) is 17.1 Å². The number of hydrogen-bond acceptors (Lipinski definition) is 3. The quantitative estimate of drug-likeness (QED) is 0.239. The zero-order chi connectivity index (χ0) is 18.9. The molecule has 2 atom stereocenters. The van der Waals surface area contributed by atoms with Crippen molar-refractivity contribution in [2.75, 3.05) is 6.54 Å². The van der Waals surface area contributed by atoms with Gasteiger partial charge in [-0.2, -0.15) is 0 Å². The van der Waals surface area contributed by atoms with Crippen molar-refractivity contribution in [3.63, 3.8) is 0 Å². The summed E-state index contributed by atoms with van der Waals surface area (Å²) in [6.45, 7) is 5.27. The van der Waals surface area contributed by atoms with Crippen LogP contribution in [0.4, 0.5) is 0 Å². The molecule has 2 N–H and O–H groups in total. The third-order valence-electron chi connectivity index (χ3n) is 5.45. The van der Waals surface area contributed by atoms with E-state index in [1.165, 1.54) is 96.3 Å². The van der Waals surface area contributed by atoms with Crippen LogP contribution in [-0.2, 0) is 0 Å². The molecule has 0 radical (unpaired) electrons. The monoisotopic (exact) mass is 363 g/mol. The van der Waals surface area contributed by atoms with Crippen LogP contribution >= 0.6 is 0 Å². The minimum absolute atomic E-state index is 0.123. The van der Waals surface area contributed by atoms with Gasteiger partial charge >= 0.3 is 0 Å². The van der Waals surface area contributed by atoms with Gasteiger partial charge in [-0.15, -0.1) is 0 Å². The Balaban J connectivity index is 1.80. The van der Waals surface area contributed by atoms with Crippen molar-refractivity contribution >= 4 is 6.21 Å². The first-order chi connectivity index (χ1) is 12.8. The molecule has 0 bridgehead atoms. The second kappa shape index (κ2) is 16.5. The molecule has 152 valence electrons. The highest BCUT2D eigenvalue weighted by atomic mass is 15.3. The van der Waals surface area contributed by atoms with Gasteiger partial charge in [0.1, 0.15) is 6.17 Å². The van der Waals surface area contributed by atoms with E-state index >= 15 is 0 Å². The van der Waals surface area contributed by atoms with Gasteiger partial charge in [0, 0.05) is 12.8 Å². The molecule has 1 rings (SSSR count). The maximum absolute atomic E-state index is 5.99. The summed E-state index contributed by atoms with van der Waals surface area (Å²) in [5.74, 6) is 0. The Labute approximate surface area is 163 Å². The number of hydrogen-bond donors (Lipinski definition) is 1. The van der Waals surface area contributed by atoms with Gasteiger partial charge in [-0.25, -0.2) is 0 Å². The van der Waals surface area contributed by atoms with Crippen molar-refractivity contribution in [3.05, 3.63) is 12.2 Å². The molecule has 0 spiro atoms. The molecule has 0 aliphatic carbocycles.